The van der Waals surface area contributed by atoms with Crippen molar-refractivity contribution in [1.82, 2.24) is 14.9 Å². The summed E-state index contributed by atoms with van der Waals surface area (Å²) in [6.45, 7) is 3.02. The topological polar surface area (TPSA) is 70.2 Å². The van der Waals surface area contributed by atoms with Gasteiger partial charge in [0, 0.05) is 26.2 Å². The molecule has 0 aliphatic carbocycles. The van der Waals surface area contributed by atoms with Crippen LogP contribution in [0.2, 0.25) is 0 Å². The molecule has 0 spiro atoms. The molecule has 2 amide bonds. The Labute approximate surface area is 163 Å². The summed E-state index contributed by atoms with van der Waals surface area (Å²) in [5, 5.41) is 0.582. The third kappa shape index (κ3) is 3.30. The fraction of sp³-hybridized carbons (Fsp3) is 0.286. The van der Waals surface area contributed by atoms with Crippen molar-refractivity contribution in [3.8, 4) is 0 Å². The van der Waals surface area contributed by atoms with E-state index in [-0.39, 0.29) is 11.1 Å². The maximum atomic E-state index is 13.1. The Bertz CT molecular complexity index is 872. The Morgan fingerprint density at radius 1 is 0.857 bits per heavy atom. The number of nitrogens with zero attached hydrogens (tertiary/aromatic N) is 3. The molecule has 7 nitrogen and oxygen atoms in total. The van der Waals surface area contributed by atoms with Crippen molar-refractivity contribution in [2.24, 2.45) is 0 Å². The zero-order valence-electron chi connectivity index (χ0n) is 15.6. The minimum atomic E-state index is -0.681. The summed E-state index contributed by atoms with van der Waals surface area (Å²) >= 11 is 0. The highest BCUT2D eigenvalue weighted by molar-refractivity contribution is 6.20. The monoisotopic (exact) mass is 379 g/mol. The Hall–Kier alpha value is -3.03. The minimum absolute atomic E-state index is 0.246. The van der Waals surface area contributed by atoms with Crippen LogP contribution < -0.4 is 0 Å². The zero-order chi connectivity index (χ0) is 19.7. The predicted octanol–water partition coefficient (Wildman–Crippen LogP) is 1.73. The molecule has 4 rings (SSSR count). The molecule has 0 N–H and O–H groups in total. The second-order valence-electron chi connectivity index (χ2n) is 7.01. The van der Waals surface area contributed by atoms with Gasteiger partial charge >= 0.3 is 5.97 Å². The normalized spacial score (nSPS) is 18.8. The molecule has 7 heteroatoms. The van der Waals surface area contributed by atoms with Gasteiger partial charge in [-0.15, -0.1) is 0 Å². The Kier molecular flexibility index (Phi) is 4.93. The molecule has 1 fully saturated rings. The molecule has 144 valence electrons. The number of likely N-dealkylation sites (N-methyl/N-ethyl adjacent to an activating group) is 1. The quantitative estimate of drug-likeness (QED) is 0.754. The van der Waals surface area contributed by atoms with Crippen LogP contribution in [0.25, 0.3) is 0 Å². The molecule has 2 aromatic rings. The standard InChI is InChI=1S/C21H21N3O4/c1-22-11-13-23(14-12-22)18(15-7-3-2-4-8-15)21(27)28-24-19(25)16-9-5-6-10-17(16)20(24)26/h2-10,18H,11-14H2,1H3. The van der Waals surface area contributed by atoms with Crippen LogP contribution in [0.5, 0.6) is 0 Å². The average Bonchev–Trinajstić information content (AvgIpc) is 2.96. The summed E-state index contributed by atoms with van der Waals surface area (Å²) in [6, 6.07) is 15.1. The number of imide groups is 1. The molecule has 0 saturated carbocycles. The average molecular weight is 379 g/mol. The number of fused-ring (bicyclic) bond motifs is 1. The summed E-state index contributed by atoms with van der Waals surface area (Å²) < 4.78 is 0. The lowest BCUT2D eigenvalue weighted by atomic mass is 10.0. The molecular formula is C21H21N3O4. The van der Waals surface area contributed by atoms with Crippen molar-refractivity contribution in [2.75, 3.05) is 33.2 Å². The molecule has 0 aromatic heterocycles. The SMILES string of the molecule is CN1CCN(C(C(=O)ON2C(=O)c3ccccc3C2=O)c2ccccc2)CC1. The van der Waals surface area contributed by atoms with Crippen molar-refractivity contribution < 1.29 is 19.2 Å². The van der Waals surface area contributed by atoms with E-state index in [9.17, 15) is 14.4 Å². The van der Waals surface area contributed by atoms with Crippen molar-refractivity contribution in [3.05, 3.63) is 71.3 Å². The maximum absolute atomic E-state index is 13.1. The summed E-state index contributed by atoms with van der Waals surface area (Å²) in [4.78, 5) is 47.7. The molecule has 2 heterocycles. The number of carbonyl (C=O) groups excluding carboxylic acids is 3. The lowest BCUT2D eigenvalue weighted by molar-refractivity contribution is -0.176. The van der Waals surface area contributed by atoms with Crippen molar-refractivity contribution in [1.29, 1.82) is 0 Å². The van der Waals surface area contributed by atoms with E-state index in [2.05, 4.69) is 4.90 Å². The summed E-state index contributed by atoms with van der Waals surface area (Å²) in [7, 11) is 2.03. The number of piperazine rings is 1. The van der Waals surface area contributed by atoms with Crippen LogP contribution in [0, 0.1) is 0 Å². The van der Waals surface area contributed by atoms with E-state index in [4.69, 9.17) is 4.84 Å². The van der Waals surface area contributed by atoms with Gasteiger partial charge < -0.3 is 9.74 Å². The second-order valence-corrected chi connectivity index (χ2v) is 7.01. The summed E-state index contributed by atoms with van der Waals surface area (Å²) in [5.41, 5.74) is 1.26. The lowest BCUT2D eigenvalue weighted by Crippen LogP contribution is -2.49. The number of amides is 2. The van der Waals surface area contributed by atoms with Gasteiger partial charge in [0.1, 0.15) is 6.04 Å². The highest BCUT2D eigenvalue weighted by Gasteiger charge is 2.41. The molecule has 2 aliphatic rings. The number of benzene rings is 2. The molecule has 0 radical (unpaired) electrons. The van der Waals surface area contributed by atoms with Gasteiger partial charge in [-0.1, -0.05) is 47.5 Å². The van der Waals surface area contributed by atoms with Crippen LogP contribution in [0.4, 0.5) is 0 Å². The number of hydrogen-bond donors (Lipinski definition) is 0. The number of rotatable bonds is 4. The van der Waals surface area contributed by atoms with Gasteiger partial charge in [0.25, 0.3) is 11.8 Å². The molecular weight excluding hydrogens is 358 g/mol. The van der Waals surface area contributed by atoms with Crippen LogP contribution in [-0.4, -0.2) is 65.9 Å². The maximum Gasteiger partial charge on any atom is 0.354 e. The van der Waals surface area contributed by atoms with Gasteiger partial charge in [0.15, 0.2) is 0 Å². The molecule has 2 aromatic carbocycles. The Morgan fingerprint density at radius 2 is 1.39 bits per heavy atom. The van der Waals surface area contributed by atoms with Crippen LogP contribution in [0.1, 0.15) is 32.3 Å². The van der Waals surface area contributed by atoms with E-state index in [1.165, 1.54) is 0 Å². The Balaban J connectivity index is 1.58. The fourth-order valence-corrected chi connectivity index (χ4v) is 3.60. The first-order valence-corrected chi connectivity index (χ1v) is 9.23. The highest BCUT2D eigenvalue weighted by atomic mass is 16.7. The third-order valence-electron chi connectivity index (χ3n) is 5.18. The largest absolute Gasteiger partial charge is 0.354 e. The highest BCUT2D eigenvalue weighted by Crippen LogP contribution is 2.27. The summed E-state index contributed by atoms with van der Waals surface area (Å²) in [6.07, 6.45) is 0. The first-order valence-electron chi connectivity index (χ1n) is 9.23. The zero-order valence-corrected chi connectivity index (χ0v) is 15.6. The van der Waals surface area contributed by atoms with E-state index in [0.29, 0.717) is 18.2 Å². The van der Waals surface area contributed by atoms with Gasteiger partial charge in [0.05, 0.1) is 11.1 Å². The van der Waals surface area contributed by atoms with E-state index in [1.807, 2.05) is 42.3 Å². The van der Waals surface area contributed by atoms with E-state index >= 15 is 0 Å². The Morgan fingerprint density at radius 3 is 1.96 bits per heavy atom. The molecule has 2 aliphatic heterocycles. The van der Waals surface area contributed by atoms with Gasteiger partial charge in [-0.05, 0) is 24.7 Å². The van der Waals surface area contributed by atoms with Gasteiger partial charge in [0.2, 0.25) is 0 Å². The van der Waals surface area contributed by atoms with E-state index in [1.54, 1.807) is 24.3 Å². The van der Waals surface area contributed by atoms with Crippen molar-refractivity contribution in [2.45, 2.75) is 6.04 Å². The second kappa shape index (κ2) is 7.53. The molecule has 28 heavy (non-hydrogen) atoms. The first kappa shape index (κ1) is 18.3. The van der Waals surface area contributed by atoms with Crippen LogP contribution in [-0.2, 0) is 9.63 Å². The predicted molar refractivity (Wildman–Crippen MR) is 101 cm³/mol. The fourth-order valence-electron chi connectivity index (χ4n) is 3.60. The van der Waals surface area contributed by atoms with Gasteiger partial charge in [-0.3, -0.25) is 14.5 Å². The number of carbonyl (C=O) groups is 3. The smallest absolute Gasteiger partial charge is 0.328 e. The molecule has 1 saturated heterocycles. The first-order chi connectivity index (χ1) is 13.6. The molecule has 1 atom stereocenters. The lowest BCUT2D eigenvalue weighted by Gasteiger charge is -2.37. The van der Waals surface area contributed by atoms with Crippen LogP contribution in [0.3, 0.4) is 0 Å². The molecule has 1 unspecified atom stereocenters. The van der Waals surface area contributed by atoms with Crippen LogP contribution in [0.15, 0.2) is 54.6 Å². The summed E-state index contributed by atoms with van der Waals surface area (Å²) in [5.74, 6) is -1.86. The van der Waals surface area contributed by atoms with Gasteiger partial charge in [-0.2, -0.15) is 0 Å². The number of hydroxylamine groups is 2. The third-order valence-corrected chi connectivity index (χ3v) is 5.18. The molecule has 0 bridgehead atoms. The number of hydrogen-bond acceptors (Lipinski definition) is 6. The van der Waals surface area contributed by atoms with Crippen LogP contribution >= 0.6 is 0 Å². The van der Waals surface area contributed by atoms with Gasteiger partial charge in [-0.25, -0.2) is 4.79 Å². The van der Waals surface area contributed by atoms with Crippen molar-refractivity contribution in [3.63, 3.8) is 0 Å². The minimum Gasteiger partial charge on any atom is -0.328 e. The van der Waals surface area contributed by atoms with E-state index < -0.39 is 23.8 Å². The van der Waals surface area contributed by atoms with E-state index in [0.717, 1.165) is 18.7 Å². The van der Waals surface area contributed by atoms with Crippen molar-refractivity contribution >= 4 is 17.8 Å².